The number of ether oxygens (including phenoxy) is 1. The first kappa shape index (κ1) is 24.8. The summed E-state index contributed by atoms with van der Waals surface area (Å²) in [6.45, 7) is 4.96. The zero-order chi connectivity index (χ0) is 25.0. The molecule has 0 saturated carbocycles. The Labute approximate surface area is 194 Å². The van der Waals surface area contributed by atoms with Gasteiger partial charge in [0.1, 0.15) is 17.4 Å². The Morgan fingerprint density at radius 2 is 1.74 bits per heavy atom. The minimum atomic E-state index is -1.38. The molecule has 8 nitrogen and oxygen atoms in total. The second-order valence-corrected chi connectivity index (χ2v) is 7.97. The number of benzene rings is 2. The highest BCUT2D eigenvalue weighted by Crippen LogP contribution is 2.28. The number of rotatable bonds is 7. The number of aromatic nitrogens is 2. The van der Waals surface area contributed by atoms with Gasteiger partial charge in [-0.2, -0.15) is 4.98 Å². The summed E-state index contributed by atoms with van der Waals surface area (Å²) in [5, 5.41) is 15.4. The number of aliphatic hydroxyl groups is 1. The number of hydrogen-bond donors (Lipinski definition) is 3. The molecule has 2 amide bonds. The van der Waals surface area contributed by atoms with Crippen LogP contribution in [-0.2, 0) is 0 Å². The molecule has 180 valence electrons. The fourth-order valence-electron chi connectivity index (χ4n) is 2.79. The normalized spacial score (nSPS) is 12.1. The number of hydrogen-bond acceptors (Lipinski definition) is 6. The van der Waals surface area contributed by atoms with E-state index in [1.165, 1.54) is 19.4 Å². The zero-order valence-electron chi connectivity index (χ0n) is 18.9. The summed E-state index contributed by atoms with van der Waals surface area (Å²) in [5.41, 5.74) is -1.32. The number of nitrogens with zero attached hydrogens (tertiary/aromatic N) is 3. The maximum Gasteiger partial charge on any atom is 0.332 e. The summed E-state index contributed by atoms with van der Waals surface area (Å²) in [5.74, 6) is -3.11. The highest BCUT2D eigenvalue weighted by atomic mass is 19.2. The van der Waals surface area contributed by atoms with Gasteiger partial charge in [0.2, 0.25) is 5.95 Å². The number of amides is 2. The third kappa shape index (κ3) is 5.73. The summed E-state index contributed by atoms with van der Waals surface area (Å²) in [4.78, 5) is 22.7. The largest absolute Gasteiger partial charge is 0.497 e. The molecule has 1 aromatic heterocycles. The average Bonchev–Trinajstić information content (AvgIpc) is 2.78. The first-order chi connectivity index (χ1) is 16.0. The van der Waals surface area contributed by atoms with Crippen LogP contribution in [0.5, 0.6) is 5.75 Å². The Kier molecular flexibility index (Phi) is 7.26. The number of nitrogens with one attached hydrogen (secondary N) is 2. The van der Waals surface area contributed by atoms with E-state index in [4.69, 9.17) is 4.74 Å². The smallest absolute Gasteiger partial charge is 0.332 e. The van der Waals surface area contributed by atoms with Crippen LogP contribution in [0.25, 0.3) is 0 Å². The second kappa shape index (κ2) is 9.96. The van der Waals surface area contributed by atoms with Crippen molar-refractivity contribution >= 4 is 29.2 Å². The molecule has 3 N–H and O–H groups in total. The van der Waals surface area contributed by atoms with Crippen LogP contribution >= 0.6 is 0 Å². The maximum absolute atomic E-state index is 14.2. The fourth-order valence-corrected chi connectivity index (χ4v) is 2.79. The lowest BCUT2D eigenvalue weighted by Crippen LogP contribution is -2.40. The van der Waals surface area contributed by atoms with Crippen molar-refractivity contribution in [2.75, 3.05) is 22.6 Å². The van der Waals surface area contributed by atoms with E-state index in [2.05, 4.69) is 20.6 Å². The van der Waals surface area contributed by atoms with Crippen molar-refractivity contribution in [2.45, 2.75) is 32.4 Å². The molecule has 0 radical (unpaired) electrons. The zero-order valence-corrected chi connectivity index (χ0v) is 18.9. The monoisotopic (exact) mass is 475 g/mol. The number of methoxy groups -OCH3 is 1. The quantitative estimate of drug-likeness (QED) is 0.423. The minimum Gasteiger partial charge on any atom is -0.497 e. The van der Waals surface area contributed by atoms with Gasteiger partial charge in [0.05, 0.1) is 30.1 Å². The lowest BCUT2D eigenvalue weighted by atomic mass is 10.0. The van der Waals surface area contributed by atoms with E-state index < -0.39 is 40.8 Å². The number of carbonyl (C=O) groups excluding carboxylic acids is 1. The Morgan fingerprint density at radius 1 is 1.09 bits per heavy atom. The minimum absolute atomic E-state index is 0.0890. The van der Waals surface area contributed by atoms with Gasteiger partial charge in [-0.25, -0.2) is 27.8 Å². The maximum atomic E-state index is 14.2. The van der Waals surface area contributed by atoms with Gasteiger partial charge < -0.3 is 20.5 Å². The first-order valence-electron chi connectivity index (χ1n) is 10.2. The highest BCUT2D eigenvalue weighted by Gasteiger charge is 2.25. The van der Waals surface area contributed by atoms with Crippen molar-refractivity contribution in [3.05, 3.63) is 66.1 Å². The third-order valence-corrected chi connectivity index (χ3v) is 5.06. The molecule has 0 aliphatic heterocycles. The van der Waals surface area contributed by atoms with E-state index >= 15 is 0 Å². The number of anilines is 4. The molecule has 0 aliphatic carbocycles. The van der Waals surface area contributed by atoms with E-state index in [0.29, 0.717) is 23.6 Å². The lowest BCUT2D eigenvalue weighted by molar-refractivity contribution is 0.0646. The van der Waals surface area contributed by atoms with Gasteiger partial charge in [-0.15, -0.1) is 0 Å². The standard InChI is InChI=1S/C23H24F3N5O3/c1-13(23(2,3)33)28-21-27-10-9-20(30-21)31(14-5-7-15(34-4)8-6-14)22(32)29-19-12-17(25)16(24)11-18(19)26/h5-13,33H,1-4H3,(H,29,32)(H,27,28,30). The molecule has 3 rings (SSSR count). The molecule has 0 aliphatic rings. The predicted molar refractivity (Wildman–Crippen MR) is 122 cm³/mol. The predicted octanol–water partition coefficient (Wildman–Crippen LogP) is 4.84. The van der Waals surface area contributed by atoms with Crippen LogP contribution < -0.4 is 20.3 Å². The fraction of sp³-hybridized carbons (Fsp3) is 0.261. The van der Waals surface area contributed by atoms with Gasteiger partial charge in [-0.3, -0.25) is 0 Å². The van der Waals surface area contributed by atoms with E-state index in [1.54, 1.807) is 45.0 Å². The topological polar surface area (TPSA) is 99.6 Å². The Hall–Kier alpha value is -3.86. The van der Waals surface area contributed by atoms with Crippen molar-refractivity contribution in [3.63, 3.8) is 0 Å². The number of halogens is 3. The van der Waals surface area contributed by atoms with Crippen LogP contribution in [0.4, 0.5) is 41.1 Å². The molecule has 0 saturated heterocycles. The van der Waals surface area contributed by atoms with Gasteiger partial charge >= 0.3 is 6.03 Å². The van der Waals surface area contributed by atoms with Crippen LogP contribution in [0.1, 0.15) is 20.8 Å². The van der Waals surface area contributed by atoms with Crippen molar-refractivity contribution in [2.24, 2.45) is 0 Å². The molecule has 0 bridgehead atoms. The first-order valence-corrected chi connectivity index (χ1v) is 10.2. The molecule has 1 heterocycles. The van der Waals surface area contributed by atoms with E-state index in [1.807, 2.05) is 0 Å². The van der Waals surface area contributed by atoms with Gasteiger partial charge in [-0.05, 0) is 45.0 Å². The number of carbonyl (C=O) groups is 1. The molecule has 2 aromatic carbocycles. The van der Waals surface area contributed by atoms with Crippen LogP contribution in [0, 0.1) is 17.5 Å². The highest BCUT2D eigenvalue weighted by molar-refractivity contribution is 6.06. The molecule has 34 heavy (non-hydrogen) atoms. The Bertz CT molecular complexity index is 1170. The molecule has 3 aromatic rings. The number of urea groups is 1. The molecule has 11 heteroatoms. The van der Waals surface area contributed by atoms with Crippen molar-refractivity contribution in [1.29, 1.82) is 0 Å². The van der Waals surface area contributed by atoms with Gasteiger partial charge in [0.15, 0.2) is 11.6 Å². The van der Waals surface area contributed by atoms with Gasteiger partial charge in [-0.1, -0.05) is 0 Å². The molecule has 0 fully saturated rings. The Balaban J connectivity index is 2.00. The van der Waals surface area contributed by atoms with Gasteiger partial charge in [0.25, 0.3) is 0 Å². The average molecular weight is 475 g/mol. The summed E-state index contributed by atoms with van der Waals surface area (Å²) in [6.07, 6.45) is 1.39. The summed E-state index contributed by atoms with van der Waals surface area (Å²) in [7, 11) is 1.48. The van der Waals surface area contributed by atoms with Crippen LogP contribution in [0.15, 0.2) is 48.7 Å². The van der Waals surface area contributed by atoms with Crippen molar-refractivity contribution < 1.29 is 27.8 Å². The molecular formula is C23H24F3N5O3. The van der Waals surface area contributed by atoms with Crippen LogP contribution in [-0.4, -0.2) is 39.9 Å². The van der Waals surface area contributed by atoms with E-state index in [9.17, 15) is 23.1 Å². The molecule has 1 unspecified atom stereocenters. The molecule has 1 atom stereocenters. The van der Waals surface area contributed by atoms with E-state index in [0.717, 1.165) is 4.90 Å². The van der Waals surface area contributed by atoms with Crippen LogP contribution in [0.2, 0.25) is 0 Å². The van der Waals surface area contributed by atoms with Gasteiger partial charge in [0, 0.05) is 24.4 Å². The Morgan fingerprint density at radius 3 is 2.35 bits per heavy atom. The van der Waals surface area contributed by atoms with Crippen molar-refractivity contribution in [3.8, 4) is 5.75 Å². The third-order valence-electron chi connectivity index (χ3n) is 5.06. The summed E-state index contributed by atoms with van der Waals surface area (Å²) < 4.78 is 46.2. The molecular weight excluding hydrogens is 451 g/mol. The van der Waals surface area contributed by atoms with Crippen LogP contribution in [0.3, 0.4) is 0 Å². The lowest BCUT2D eigenvalue weighted by Gasteiger charge is -2.27. The second-order valence-electron chi connectivity index (χ2n) is 7.97. The molecule has 0 spiro atoms. The van der Waals surface area contributed by atoms with E-state index in [-0.39, 0.29) is 11.8 Å². The van der Waals surface area contributed by atoms with Crippen molar-refractivity contribution in [1.82, 2.24) is 9.97 Å². The summed E-state index contributed by atoms with van der Waals surface area (Å²) >= 11 is 0. The summed E-state index contributed by atoms with van der Waals surface area (Å²) in [6, 6.07) is 7.32. The SMILES string of the molecule is COc1ccc(N(C(=O)Nc2cc(F)c(F)cc2F)c2ccnc(NC(C)C(C)(C)O)n2)cc1.